The molecule has 0 radical (unpaired) electrons. The number of amidine groups is 1. The number of aromatic carboxylic acids is 1. The van der Waals surface area contributed by atoms with Crippen LogP contribution in [0.4, 0.5) is 5.69 Å². The number of likely N-dealkylation sites (N-methyl/N-ethyl adjacent to an activating group) is 1. The molecule has 0 saturated carbocycles. The lowest BCUT2D eigenvalue weighted by molar-refractivity contribution is -0.121. The van der Waals surface area contributed by atoms with Gasteiger partial charge in [0.15, 0.2) is 16.7 Å². The van der Waals surface area contributed by atoms with E-state index in [0.717, 1.165) is 14.7 Å². The van der Waals surface area contributed by atoms with Crippen molar-refractivity contribution in [3.63, 3.8) is 0 Å². The van der Waals surface area contributed by atoms with E-state index in [-0.39, 0.29) is 11.5 Å². The number of amides is 1. The van der Waals surface area contributed by atoms with Crippen molar-refractivity contribution < 1.29 is 24.2 Å². The summed E-state index contributed by atoms with van der Waals surface area (Å²) in [5, 5.41) is 9.57. The molecule has 3 aromatic carbocycles. The van der Waals surface area contributed by atoms with E-state index in [1.165, 1.54) is 28.8 Å². The lowest BCUT2D eigenvalue weighted by Gasteiger charge is -2.15. The highest BCUT2D eigenvalue weighted by molar-refractivity contribution is 14.1. The molecule has 4 rings (SSSR count). The Kier molecular flexibility index (Phi) is 8.93. The van der Waals surface area contributed by atoms with Crippen molar-refractivity contribution in [3.8, 4) is 11.5 Å². The Morgan fingerprint density at radius 2 is 1.84 bits per heavy atom. The molecule has 0 aromatic heterocycles. The second-order valence-electron chi connectivity index (χ2n) is 7.90. The summed E-state index contributed by atoms with van der Waals surface area (Å²) in [7, 11) is 1.66. The minimum absolute atomic E-state index is 0.176. The van der Waals surface area contributed by atoms with Crippen LogP contribution in [-0.4, -0.2) is 40.7 Å². The molecule has 37 heavy (non-hydrogen) atoms. The zero-order chi connectivity index (χ0) is 26.5. The van der Waals surface area contributed by atoms with E-state index in [1.807, 2.05) is 43.3 Å². The summed E-state index contributed by atoms with van der Waals surface area (Å²) < 4.78 is 13.8. The number of carboxylic acid groups (broad SMARTS) is 1. The van der Waals surface area contributed by atoms with Gasteiger partial charge in [-0.15, -0.1) is 0 Å². The van der Waals surface area contributed by atoms with Gasteiger partial charge in [0.1, 0.15) is 6.61 Å². The maximum atomic E-state index is 12.9. The molecular weight excluding hydrogens is 671 g/mol. The molecule has 1 aliphatic heterocycles. The number of carbonyl (C=O) groups excluding carboxylic acids is 1. The average Bonchev–Trinajstić information content (AvgIpc) is 3.12. The molecule has 1 fully saturated rings. The van der Waals surface area contributed by atoms with Crippen molar-refractivity contribution in [2.75, 3.05) is 13.7 Å². The van der Waals surface area contributed by atoms with Gasteiger partial charge in [-0.2, -0.15) is 0 Å². The van der Waals surface area contributed by atoms with E-state index >= 15 is 0 Å². The zero-order valence-corrected chi connectivity index (χ0v) is 24.5. The molecule has 3 aromatic rings. The summed E-state index contributed by atoms with van der Waals surface area (Å²) >= 11 is 7.11. The van der Waals surface area contributed by atoms with Crippen LogP contribution in [-0.2, 0) is 11.4 Å². The molecule has 190 valence electrons. The van der Waals surface area contributed by atoms with Crippen molar-refractivity contribution in [1.82, 2.24) is 4.90 Å². The van der Waals surface area contributed by atoms with Crippen LogP contribution in [0, 0.1) is 3.57 Å². The standard InChI is InChI=1S/C27H22BrIN2O5S/c1-3-35-22-13-17(12-21(28)24(22)36-15-16-4-8-19(29)9-5-16)14-23-25(32)31(2)27(37-23)30-20-10-6-18(7-11-20)26(33)34/h4-14H,3,15H2,1-2H3,(H,33,34)/b23-14-,30-27?. The first-order valence-electron chi connectivity index (χ1n) is 11.2. The molecule has 1 aliphatic rings. The van der Waals surface area contributed by atoms with Crippen LogP contribution in [0.2, 0.25) is 0 Å². The summed E-state index contributed by atoms with van der Waals surface area (Å²) in [4.78, 5) is 30.5. The topological polar surface area (TPSA) is 88.4 Å². The number of carboxylic acids is 1. The van der Waals surface area contributed by atoms with E-state index in [2.05, 4.69) is 43.5 Å². The predicted octanol–water partition coefficient (Wildman–Crippen LogP) is 6.96. The van der Waals surface area contributed by atoms with E-state index in [1.54, 1.807) is 25.3 Å². The smallest absolute Gasteiger partial charge is 0.335 e. The molecule has 0 bridgehead atoms. The summed E-state index contributed by atoms with van der Waals surface area (Å²) in [5.41, 5.74) is 2.55. The first-order chi connectivity index (χ1) is 17.7. The second kappa shape index (κ2) is 12.1. The van der Waals surface area contributed by atoms with Crippen LogP contribution in [0.1, 0.15) is 28.4 Å². The fourth-order valence-corrected chi connectivity index (χ4v) is 5.32. The minimum atomic E-state index is -1.00. The van der Waals surface area contributed by atoms with E-state index in [0.29, 0.717) is 44.9 Å². The summed E-state index contributed by atoms with van der Waals surface area (Å²) in [6.45, 7) is 2.75. The number of aliphatic imine (C=N–C) groups is 1. The minimum Gasteiger partial charge on any atom is -0.490 e. The molecule has 1 amide bonds. The van der Waals surface area contributed by atoms with Gasteiger partial charge >= 0.3 is 5.97 Å². The highest BCUT2D eigenvalue weighted by Gasteiger charge is 2.30. The van der Waals surface area contributed by atoms with Crippen LogP contribution < -0.4 is 9.47 Å². The number of ether oxygens (including phenoxy) is 2. The fraction of sp³-hybridized carbons (Fsp3) is 0.148. The largest absolute Gasteiger partial charge is 0.490 e. The number of carbonyl (C=O) groups is 2. The Labute approximate surface area is 240 Å². The number of halogens is 2. The van der Waals surface area contributed by atoms with Gasteiger partial charge in [0, 0.05) is 10.6 Å². The molecule has 0 aliphatic carbocycles. The maximum absolute atomic E-state index is 12.9. The van der Waals surface area contributed by atoms with Gasteiger partial charge in [-0.05, 0) is 123 Å². The van der Waals surface area contributed by atoms with Gasteiger partial charge in [-0.3, -0.25) is 9.69 Å². The molecule has 0 atom stereocenters. The predicted molar refractivity (Wildman–Crippen MR) is 158 cm³/mol. The third-order valence-electron chi connectivity index (χ3n) is 5.27. The zero-order valence-electron chi connectivity index (χ0n) is 19.9. The molecular formula is C27H22BrIN2O5S. The number of hydrogen-bond donors (Lipinski definition) is 1. The van der Waals surface area contributed by atoms with Gasteiger partial charge in [-0.25, -0.2) is 9.79 Å². The molecule has 7 nitrogen and oxygen atoms in total. The Bertz CT molecular complexity index is 1390. The SMILES string of the molecule is CCOc1cc(/C=C2\SC(=Nc3ccc(C(=O)O)cc3)N(C)C2=O)cc(Br)c1OCc1ccc(I)cc1. The highest BCUT2D eigenvalue weighted by Crippen LogP contribution is 2.40. The summed E-state index contributed by atoms with van der Waals surface area (Å²) in [6, 6.07) is 18.0. The van der Waals surface area contributed by atoms with Crippen molar-refractivity contribution in [2.45, 2.75) is 13.5 Å². The number of hydrogen-bond acceptors (Lipinski definition) is 6. The van der Waals surface area contributed by atoms with Gasteiger partial charge in [0.2, 0.25) is 0 Å². The van der Waals surface area contributed by atoms with Crippen molar-refractivity contribution in [3.05, 3.63) is 90.3 Å². The summed E-state index contributed by atoms with van der Waals surface area (Å²) in [5.74, 6) is -0.0163. The van der Waals surface area contributed by atoms with Crippen LogP contribution in [0.25, 0.3) is 6.08 Å². The molecule has 1 N–H and O–H groups in total. The second-order valence-corrected chi connectivity index (χ2v) is 11.0. The van der Waals surface area contributed by atoms with E-state index in [4.69, 9.17) is 14.6 Å². The molecule has 0 spiro atoms. The van der Waals surface area contributed by atoms with Crippen LogP contribution in [0.5, 0.6) is 11.5 Å². The third-order valence-corrected chi connectivity index (χ3v) is 7.64. The Morgan fingerprint density at radius 1 is 1.14 bits per heavy atom. The van der Waals surface area contributed by atoms with Crippen LogP contribution in [0.3, 0.4) is 0 Å². The molecule has 10 heteroatoms. The normalized spacial score (nSPS) is 15.5. The first-order valence-corrected chi connectivity index (χ1v) is 13.9. The maximum Gasteiger partial charge on any atom is 0.335 e. The van der Waals surface area contributed by atoms with Gasteiger partial charge in [-0.1, -0.05) is 12.1 Å². The number of rotatable bonds is 8. The Balaban J connectivity index is 1.57. The first kappa shape index (κ1) is 27.2. The lowest BCUT2D eigenvalue weighted by Crippen LogP contribution is -2.23. The highest BCUT2D eigenvalue weighted by atomic mass is 127. The lowest BCUT2D eigenvalue weighted by atomic mass is 10.1. The number of nitrogens with zero attached hydrogens (tertiary/aromatic N) is 2. The van der Waals surface area contributed by atoms with Gasteiger partial charge in [0.05, 0.1) is 27.2 Å². The van der Waals surface area contributed by atoms with Crippen molar-refractivity contribution in [2.24, 2.45) is 4.99 Å². The van der Waals surface area contributed by atoms with E-state index in [9.17, 15) is 9.59 Å². The molecule has 0 unspecified atom stereocenters. The molecule has 1 heterocycles. The molecule has 1 saturated heterocycles. The van der Waals surface area contributed by atoms with Gasteiger partial charge < -0.3 is 14.6 Å². The van der Waals surface area contributed by atoms with Gasteiger partial charge in [0.25, 0.3) is 5.91 Å². The Hall–Kier alpha value is -2.83. The number of benzene rings is 3. The van der Waals surface area contributed by atoms with Crippen molar-refractivity contribution in [1.29, 1.82) is 0 Å². The number of thioether (sulfide) groups is 1. The fourth-order valence-electron chi connectivity index (χ4n) is 3.40. The summed E-state index contributed by atoms with van der Waals surface area (Å²) in [6.07, 6.45) is 1.79. The van der Waals surface area contributed by atoms with Crippen LogP contribution in [0.15, 0.2) is 75.0 Å². The van der Waals surface area contributed by atoms with Crippen molar-refractivity contribution >= 4 is 79.1 Å². The average molecular weight is 693 g/mol. The third kappa shape index (κ3) is 6.74. The quantitative estimate of drug-likeness (QED) is 0.203. The van der Waals surface area contributed by atoms with E-state index < -0.39 is 5.97 Å². The van der Waals surface area contributed by atoms with Crippen LogP contribution >= 0.6 is 50.3 Å². The monoisotopic (exact) mass is 692 g/mol. The Morgan fingerprint density at radius 3 is 2.49 bits per heavy atom.